The van der Waals surface area contributed by atoms with Gasteiger partial charge in [0.1, 0.15) is 0 Å². The molecule has 0 spiro atoms. The van der Waals surface area contributed by atoms with Crippen LogP contribution in [-0.2, 0) is 5.41 Å². The van der Waals surface area contributed by atoms with Crippen molar-refractivity contribution >= 4 is 49.3 Å². The van der Waals surface area contributed by atoms with Crippen LogP contribution in [0.25, 0.3) is 71.3 Å². The van der Waals surface area contributed by atoms with E-state index in [1.54, 1.807) is 5.57 Å². The normalized spacial score (nSPS) is 16.2. The van der Waals surface area contributed by atoms with Crippen molar-refractivity contribution in [1.29, 1.82) is 0 Å². The van der Waals surface area contributed by atoms with E-state index in [1.165, 1.54) is 110 Å². The van der Waals surface area contributed by atoms with Crippen molar-refractivity contribution < 1.29 is 0 Å². The number of fused-ring (bicyclic) bond motifs is 8. The van der Waals surface area contributed by atoms with Crippen LogP contribution in [0.1, 0.15) is 66.8 Å². The number of aryl methyl sites for hydroxylation is 2. The second kappa shape index (κ2) is 15.9. The highest BCUT2D eigenvalue weighted by Gasteiger charge is 2.37. The van der Waals surface area contributed by atoms with E-state index in [0.29, 0.717) is 5.92 Å². The molecule has 3 aliphatic carbocycles. The smallest absolute Gasteiger partial charge is 0.0468 e. The lowest BCUT2D eigenvalue weighted by Gasteiger charge is -2.31. The molecule has 9 aromatic rings. The van der Waals surface area contributed by atoms with Gasteiger partial charge in [-0.3, -0.25) is 0 Å². The number of benzene rings is 9. The van der Waals surface area contributed by atoms with Crippen LogP contribution in [-0.4, -0.2) is 0 Å². The zero-order valence-corrected chi connectivity index (χ0v) is 38.3. The first-order valence-corrected chi connectivity index (χ1v) is 23.7. The van der Waals surface area contributed by atoms with Gasteiger partial charge in [0.15, 0.2) is 0 Å². The van der Waals surface area contributed by atoms with Gasteiger partial charge in [-0.05, 0) is 169 Å². The molecular formula is C65H53N. The Morgan fingerprint density at radius 1 is 0.515 bits per heavy atom. The Labute approximate surface area is 389 Å². The maximum atomic E-state index is 2.52. The van der Waals surface area contributed by atoms with E-state index in [9.17, 15) is 0 Å². The number of allylic oxidation sites excluding steroid dienone is 7. The molecule has 1 unspecified atom stereocenters. The molecule has 1 atom stereocenters. The molecule has 0 radical (unpaired) electrons. The van der Waals surface area contributed by atoms with Crippen molar-refractivity contribution in [2.24, 2.45) is 0 Å². The summed E-state index contributed by atoms with van der Waals surface area (Å²) in [6.45, 7) is 9.28. The van der Waals surface area contributed by atoms with E-state index < -0.39 is 0 Å². The Bertz CT molecular complexity index is 3510. The molecule has 0 heterocycles. The van der Waals surface area contributed by atoms with Crippen molar-refractivity contribution in [2.75, 3.05) is 4.90 Å². The Hall–Kier alpha value is -7.48. The van der Waals surface area contributed by atoms with Gasteiger partial charge >= 0.3 is 0 Å². The van der Waals surface area contributed by atoms with Crippen molar-refractivity contribution in [3.05, 3.63) is 245 Å². The van der Waals surface area contributed by atoms with E-state index >= 15 is 0 Å². The molecule has 9 aromatic carbocycles. The van der Waals surface area contributed by atoms with E-state index in [-0.39, 0.29) is 5.41 Å². The predicted molar refractivity (Wildman–Crippen MR) is 283 cm³/mol. The molecule has 66 heavy (non-hydrogen) atoms. The van der Waals surface area contributed by atoms with Gasteiger partial charge in [-0.25, -0.2) is 0 Å². The van der Waals surface area contributed by atoms with Gasteiger partial charge in [-0.1, -0.05) is 189 Å². The van der Waals surface area contributed by atoms with Crippen LogP contribution >= 0.6 is 0 Å². The summed E-state index contributed by atoms with van der Waals surface area (Å²) in [5, 5.41) is 7.58. The lowest BCUT2D eigenvalue weighted by Crippen LogP contribution is -2.19. The zero-order chi connectivity index (χ0) is 44.5. The predicted octanol–water partition coefficient (Wildman–Crippen LogP) is 17.9. The summed E-state index contributed by atoms with van der Waals surface area (Å²) in [4.78, 5) is 2.50. The largest absolute Gasteiger partial charge is 0.311 e. The lowest BCUT2D eigenvalue weighted by molar-refractivity contribution is 0.606. The fraction of sp³-hybridized carbons (Fsp3) is 0.138. The summed E-state index contributed by atoms with van der Waals surface area (Å²) in [6.07, 6.45) is 15.3. The monoisotopic (exact) mass is 847 g/mol. The minimum atomic E-state index is 0.0598. The van der Waals surface area contributed by atoms with Crippen LogP contribution in [0.4, 0.5) is 11.4 Å². The minimum absolute atomic E-state index is 0.0598. The van der Waals surface area contributed by atoms with E-state index in [0.717, 1.165) is 24.9 Å². The Kier molecular flexibility index (Phi) is 9.65. The van der Waals surface area contributed by atoms with Crippen LogP contribution in [0, 0.1) is 13.8 Å². The van der Waals surface area contributed by atoms with E-state index in [1.807, 2.05) is 0 Å². The zero-order valence-electron chi connectivity index (χ0n) is 38.3. The van der Waals surface area contributed by atoms with Gasteiger partial charge in [0, 0.05) is 28.4 Å². The maximum Gasteiger partial charge on any atom is 0.0468 e. The number of anilines is 2. The molecule has 0 N–H and O–H groups in total. The standard InChI is InChI=1S/C65H53N/c1-42-36-43(2)38-51(37-42)66(49-31-28-44(29-32-49)48-30-34-54-53-25-16-17-27-60(53)65(3,4)61(54)39-48)50-33-35-56-59(40-50)52-24-14-15-26-55(52)63-58(46-20-10-6-11-21-46)41-57(45-18-8-5-9-19-45)62(64(56)63)47-22-12-7-13-23-47/h5-16,18-26,28,30-41,44H,17,27,29H2,1-4H3. The van der Waals surface area contributed by atoms with Gasteiger partial charge < -0.3 is 4.90 Å². The Morgan fingerprint density at radius 3 is 1.86 bits per heavy atom. The van der Waals surface area contributed by atoms with Gasteiger partial charge in [0.05, 0.1) is 0 Å². The third-order valence-corrected chi connectivity index (χ3v) is 14.7. The van der Waals surface area contributed by atoms with Crippen LogP contribution in [0.2, 0.25) is 0 Å². The topological polar surface area (TPSA) is 3.24 Å². The van der Waals surface area contributed by atoms with Gasteiger partial charge in [0.2, 0.25) is 0 Å². The highest BCUT2D eigenvalue weighted by Crippen LogP contribution is 2.52. The van der Waals surface area contributed by atoms with Crippen LogP contribution in [0.5, 0.6) is 0 Å². The van der Waals surface area contributed by atoms with Crippen LogP contribution < -0.4 is 4.90 Å². The average molecular weight is 848 g/mol. The van der Waals surface area contributed by atoms with Gasteiger partial charge in [-0.15, -0.1) is 0 Å². The lowest BCUT2D eigenvalue weighted by atomic mass is 9.77. The molecule has 0 bridgehead atoms. The van der Waals surface area contributed by atoms with Gasteiger partial charge in [0.25, 0.3) is 0 Å². The number of hydrogen-bond acceptors (Lipinski definition) is 1. The first-order chi connectivity index (χ1) is 32.3. The second-order valence-electron chi connectivity index (χ2n) is 19.2. The molecule has 0 saturated heterocycles. The van der Waals surface area contributed by atoms with E-state index in [2.05, 4.69) is 239 Å². The third kappa shape index (κ3) is 6.60. The SMILES string of the molecule is Cc1cc(C)cc(N(C2=CCC(c3ccc4c(c3)C(C)(C)C3=C4C=CCC3)C=C2)c2ccc3c(c2)c2ccccc2c2c(-c4ccccc4)cc(-c4ccccc4)c(-c4ccccc4)c32)c1. The molecular weight excluding hydrogens is 795 g/mol. The molecule has 0 aliphatic heterocycles. The molecule has 0 aromatic heterocycles. The quantitative estimate of drug-likeness (QED) is 0.144. The van der Waals surface area contributed by atoms with Crippen molar-refractivity contribution in [3.63, 3.8) is 0 Å². The van der Waals surface area contributed by atoms with Crippen LogP contribution in [0.3, 0.4) is 0 Å². The van der Waals surface area contributed by atoms with Crippen molar-refractivity contribution in [1.82, 2.24) is 0 Å². The molecule has 1 heteroatoms. The summed E-state index contributed by atoms with van der Waals surface area (Å²) in [5.41, 5.74) is 20.8. The number of hydrogen-bond donors (Lipinski definition) is 0. The van der Waals surface area contributed by atoms with Crippen LogP contribution in [0.15, 0.2) is 218 Å². The molecule has 0 saturated carbocycles. The highest BCUT2D eigenvalue weighted by atomic mass is 15.1. The summed E-state index contributed by atoms with van der Waals surface area (Å²) < 4.78 is 0. The molecule has 0 fully saturated rings. The van der Waals surface area contributed by atoms with Gasteiger partial charge in [-0.2, -0.15) is 0 Å². The van der Waals surface area contributed by atoms with E-state index in [4.69, 9.17) is 0 Å². The third-order valence-electron chi connectivity index (χ3n) is 14.7. The fourth-order valence-corrected chi connectivity index (χ4v) is 11.7. The molecule has 318 valence electrons. The molecule has 12 rings (SSSR count). The number of rotatable bonds is 7. The number of nitrogens with zero attached hydrogens (tertiary/aromatic N) is 1. The summed E-state index contributed by atoms with van der Waals surface area (Å²) in [6, 6.07) is 66.0. The first-order valence-electron chi connectivity index (χ1n) is 23.7. The summed E-state index contributed by atoms with van der Waals surface area (Å²) >= 11 is 0. The summed E-state index contributed by atoms with van der Waals surface area (Å²) in [5.74, 6) is 0.310. The van der Waals surface area contributed by atoms with Crippen molar-refractivity contribution in [3.8, 4) is 33.4 Å². The minimum Gasteiger partial charge on any atom is -0.311 e. The Morgan fingerprint density at radius 2 is 1.17 bits per heavy atom. The average Bonchev–Trinajstić information content (AvgIpc) is 3.59. The maximum absolute atomic E-state index is 2.52. The van der Waals surface area contributed by atoms with Crippen molar-refractivity contribution in [2.45, 2.75) is 58.3 Å². The molecule has 1 nitrogen and oxygen atoms in total. The highest BCUT2D eigenvalue weighted by molar-refractivity contribution is 6.33. The first kappa shape index (κ1) is 40.1. The Balaban J connectivity index is 1.06. The second-order valence-corrected chi connectivity index (χ2v) is 19.2. The summed E-state index contributed by atoms with van der Waals surface area (Å²) in [7, 11) is 0. The molecule has 0 amide bonds. The fourth-order valence-electron chi connectivity index (χ4n) is 11.7. The molecule has 3 aliphatic rings.